The first-order chi connectivity index (χ1) is 10.0. The van der Waals surface area contributed by atoms with Crippen LogP contribution in [-0.4, -0.2) is 16.5 Å². The van der Waals surface area contributed by atoms with Gasteiger partial charge in [-0.05, 0) is 43.0 Å². The molecule has 2 aromatic rings. The van der Waals surface area contributed by atoms with E-state index in [1.165, 1.54) is 5.56 Å². The molecule has 1 aromatic carbocycles. The van der Waals surface area contributed by atoms with E-state index in [1.54, 1.807) is 6.33 Å². The summed E-state index contributed by atoms with van der Waals surface area (Å²) in [7, 11) is 0. The van der Waals surface area contributed by atoms with Crippen LogP contribution in [0.25, 0.3) is 0 Å². The van der Waals surface area contributed by atoms with Crippen molar-refractivity contribution >= 4 is 33.3 Å². The van der Waals surface area contributed by atoms with Gasteiger partial charge in [0, 0.05) is 22.8 Å². The third-order valence-electron chi connectivity index (χ3n) is 3.13. The maximum absolute atomic E-state index is 4.26. The van der Waals surface area contributed by atoms with Crippen LogP contribution in [-0.2, 0) is 0 Å². The maximum atomic E-state index is 4.26. The Kier molecular flexibility index (Phi) is 5.56. The van der Waals surface area contributed by atoms with E-state index in [9.17, 15) is 0 Å². The van der Waals surface area contributed by atoms with E-state index >= 15 is 0 Å². The number of halogens is 1. The number of hydrogen-bond acceptors (Lipinski definition) is 4. The van der Waals surface area contributed by atoms with Gasteiger partial charge in [-0.3, -0.25) is 0 Å². The van der Waals surface area contributed by atoms with Crippen molar-refractivity contribution in [2.24, 2.45) is 5.92 Å². The minimum Gasteiger partial charge on any atom is -0.370 e. The topological polar surface area (TPSA) is 49.8 Å². The highest BCUT2D eigenvalue weighted by molar-refractivity contribution is 9.10. The Morgan fingerprint density at radius 2 is 1.90 bits per heavy atom. The lowest BCUT2D eigenvalue weighted by Gasteiger charge is -2.10. The molecule has 1 heterocycles. The van der Waals surface area contributed by atoms with Crippen molar-refractivity contribution in [1.29, 1.82) is 0 Å². The van der Waals surface area contributed by atoms with Crippen molar-refractivity contribution in [3.05, 3.63) is 40.6 Å². The lowest BCUT2D eigenvalue weighted by atomic mass is 10.1. The van der Waals surface area contributed by atoms with E-state index in [2.05, 4.69) is 63.4 Å². The van der Waals surface area contributed by atoms with Gasteiger partial charge in [0.25, 0.3) is 0 Å². The lowest BCUT2D eigenvalue weighted by Crippen LogP contribution is -2.07. The van der Waals surface area contributed by atoms with Gasteiger partial charge in [0.15, 0.2) is 0 Å². The Balaban J connectivity index is 2.01. The molecule has 0 atom stereocenters. The Hall–Kier alpha value is -1.62. The number of aromatic nitrogens is 2. The maximum Gasteiger partial charge on any atom is 0.135 e. The van der Waals surface area contributed by atoms with Gasteiger partial charge in [0.2, 0.25) is 0 Å². The molecule has 0 radical (unpaired) electrons. The average Bonchev–Trinajstić information content (AvgIpc) is 2.43. The number of nitrogens with zero attached hydrogens (tertiary/aromatic N) is 2. The van der Waals surface area contributed by atoms with Gasteiger partial charge in [-0.1, -0.05) is 29.8 Å². The number of aryl methyl sites for hydroxylation is 1. The molecule has 0 fully saturated rings. The van der Waals surface area contributed by atoms with Crippen molar-refractivity contribution in [2.45, 2.75) is 27.2 Å². The number of nitrogens with one attached hydrogen (secondary N) is 2. The first-order valence-electron chi connectivity index (χ1n) is 7.13. The van der Waals surface area contributed by atoms with Crippen LogP contribution in [0, 0.1) is 12.8 Å². The first kappa shape index (κ1) is 15.8. The number of hydrogen-bond donors (Lipinski definition) is 2. The summed E-state index contributed by atoms with van der Waals surface area (Å²) in [5.41, 5.74) is 2.20. The van der Waals surface area contributed by atoms with Gasteiger partial charge in [0.05, 0.1) is 0 Å². The summed E-state index contributed by atoms with van der Waals surface area (Å²) in [5.74, 6) is 2.32. The second-order valence-electron chi connectivity index (χ2n) is 5.49. The summed E-state index contributed by atoms with van der Waals surface area (Å²) in [4.78, 5) is 8.50. The van der Waals surface area contributed by atoms with Gasteiger partial charge in [0.1, 0.15) is 18.0 Å². The molecule has 0 unspecified atom stereocenters. The van der Waals surface area contributed by atoms with E-state index in [0.29, 0.717) is 5.92 Å². The highest BCUT2D eigenvalue weighted by Gasteiger charge is 2.02. The van der Waals surface area contributed by atoms with Crippen molar-refractivity contribution in [2.75, 3.05) is 17.2 Å². The summed E-state index contributed by atoms with van der Waals surface area (Å²) in [5, 5.41) is 6.62. The molecule has 0 saturated heterocycles. The second-order valence-corrected chi connectivity index (χ2v) is 6.34. The van der Waals surface area contributed by atoms with Crippen LogP contribution in [0.1, 0.15) is 25.8 Å². The van der Waals surface area contributed by atoms with Crippen molar-refractivity contribution in [3.63, 3.8) is 0 Å². The van der Waals surface area contributed by atoms with Gasteiger partial charge in [-0.15, -0.1) is 0 Å². The van der Waals surface area contributed by atoms with Crippen molar-refractivity contribution in [1.82, 2.24) is 9.97 Å². The van der Waals surface area contributed by atoms with Crippen LogP contribution in [0.5, 0.6) is 0 Å². The SMILES string of the molecule is Cc1cc(Nc2cc(NCCC(C)C)ncn2)ccc1Br. The van der Waals surface area contributed by atoms with Crippen LogP contribution >= 0.6 is 15.9 Å². The summed E-state index contributed by atoms with van der Waals surface area (Å²) in [6.45, 7) is 7.41. The van der Waals surface area contributed by atoms with Crippen LogP contribution in [0.3, 0.4) is 0 Å². The lowest BCUT2D eigenvalue weighted by molar-refractivity contribution is 0.606. The van der Waals surface area contributed by atoms with Gasteiger partial charge in [-0.25, -0.2) is 9.97 Å². The molecule has 112 valence electrons. The Morgan fingerprint density at radius 1 is 1.14 bits per heavy atom. The zero-order valence-corrected chi connectivity index (χ0v) is 14.2. The highest BCUT2D eigenvalue weighted by Crippen LogP contribution is 2.22. The smallest absolute Gasteiger partial charge is 0.135 e. The van der Waals surface area contributed by atoms with Gasteiger partial charge < -0.3 is 10.6 Å². The fourth-order valence-corrected chi connectivity index (χ4v) is 2.13. The Bertz CT molecular complexity index is 599. The molecule has 0 bridgehead atoms. The molecule has 0 saturated carbocycles. The molecular weight excluding hydrogens is 328 g/mol. The summed E-state index contributed by atoms with van der Waals surface area (Å²) in [6, 6.07) is 8.06. The molecule has 0 aliphatic rings. The second kappa shape index (κ2) is 7.41. The Labute approximate surface area is 134 Å². The van der Waals surface area contributed by atoms with Gasteiger partial charge >= 0.3 is 0 Å². The van der Waals surface area contributed by atoms with E-state index in [1.807, 2.05) is 18.2 Å². The molecule has 21 heavy (non-hydrogen) atoms. The largest absolute Gasteiger partial charge is 0.370 e. The zero-order valence-electron chi connectivity index (χ0n) is 12.7. The predicted octanol–water partition coefficient (Wildman–Crippen LogP) is 4.75. The Morgan fingerprint density at radius 3 is 2.62 bits per heavy atom. The molecule has 0 aliphatic heterocycles. The first-order valence-corrected chi connectivity index (χ1v) is 7.93. The number of anilines is 3. The van der Waals surface area contributed by atoms with Crippen molar-refractivity contribution < 1.29 is 0 Å². The number of benzene rings is 1. The molecule has 2 N–H and O–H groups in total. The summed E-state index contributed by atoms with van der Waals surface area (Å²) >= 11 is 3.50. The van der Waals surface area contributed by atoms with E-state index in [0.717, 1.165) is 34.8 Å². The van der Waals surface area contributed by atoms with Crippen LogP contribution < -0.4 is 10.6 Å². The van der Waals surface area contributed by atoms with Crippen LogP contribution in [0.2, 0.25) is 0 Å². The molecule has 5 heteroatoms. The zero-order chi connectivity index (χ0) is 15.2. The molecule has 2 rings (SSSR count). The molecule has 0 aliphatic carbocycles. The highest BCUT2D eigenvalue weighted by atomic mass is 79.9. The van der Waals surface area contributed by atoms with E-state index < -0.39 is 0 Å². The molecule has 4 nitrogen and oxygen atoms in total. The molecule has 0 amide bonds. The minimum atomic E-state index is 0.683. The fourth-order valence-electron chi connectivity index (χ4n) is 1.88. The molecule has 0 spiro atoms. The third kappa shape index (κ3) is 5.01. The van der Waals surface area contributed by atoms with Crippen LogP contribution in [0.15, 0.2) is 35.1 Å². The van der Waals surface area contributed by atoms with Crippen LogP contribution in [0.4, 0.5) is 17.3 Å². The van der Waals surface area contributed by atoms with Crippen molar-refractivity contribution in [3.8, 4) is 0 Å². The summed E-state index contributed by atoms with van der Waals surface area (Å²) < 4.78 is 1.10. The standard InChI is InChI=1S/C16H21BrN4/c1-11(2)6-7-18-15-9-16(20-10-19-15)21-13-4-5-14(17)12(3)8-13/h4-5,8-11H,6-7H2,1-3H3,(H2,18,19,20,21). The summed E-state index contributed by atoms with van der Waals surface area (Å²) in [6.07, 6.45) is 2.70. The fraction of sp³-hybridized carbons (Fsp3) is 0.375. The molecular formula is C16H21BrN4. The van der Waals surface area contributed by atoms with E-state index in [-0.39, 0.29) is 0 Å². The number of rotatable bonds is 6. The normalized spacial score (nSPS) is 10.7. The molecule has 1 aromatic heterocycles. The van der Waals surface area contributed by atoms with E-state index in [4.69, 9.17) is 0 Å². The monoisotopic (exact) mass is 348 g/mol. The quantitative estimate of drug-likeness (QED) is 0.790. The average molecular weight is 349 g/mol. The third-order valence-corrected chi connectivity index (χ3v) is 4.01. The minimum absolute atomic E-state index is 0.683. The predicted molar refractivity (Wildman–Crippen MR) is 92.1 cm³/mol. The van der Waals surface area contributed by atoms with Gasteiger partial charge in [-0.2, -0.15) is 0 Å².